The summed E-state index contributed by atoms with van der Waals surface area (Å²) in [6, 6.07) is 3.48. The summed E-state index contributed by atoms with van der Waals surface area (Å²) >= 11 is 0. The summed E-state index contributed by atoms with van der Waals surface area (Å²) in [5.74, 6) is -0.520. The zero-order chi connectivity index (χ0) is 16.0. The largest absolute Gasteiger partial charge is 0.462 e. The first-order chi connectivity index (χ1) is 9.82. The van der Waals surface area contributed by atoms with Crippen molar-refractivity contribution in [3.8, 4) is 0 Å². The molecule has 1 aromatic rings. The average molecular weight is 294 g/mol. The van der Waals surface area contributed by atoms with Crippen LogP contribution in [0.1, 0.15) is 18.9 Å². The maximum Gasteiger partial charge on any atom is 0.333 e. The summed E-state index contributed by atoms with van der Waals surface area (Å²) in [4.78, 5) is 31.3. The minimum Gasteiger partial charge on any atom is -0.462 e. The molecule has 112 valence electrons. The molecule has 0 N–H and O–H groups in total. The molecule has 1 aromatic carbocycles. The number of benzene rings is 1. The van der Waals surface area contributed by atoms with Crippen LogP contribution in [0.2, 0.25) is 0 Å². The average Bonchev–Trinajstić information content (AvgIpc) is 2.42. The van der Waals surface area contributed by atoms with Gasteiger partial charge < -0.3 is 4.74 Å². The van der Waals surface area contributed by atoms with Gasteiger partial charge in [0, 0.05) is 17.2 Å². The van der Waals surface area contributed by atoms with Crippen LogP contribution in [-0.4, -0.2) is 22.4 Å². The first-order valence-corrected chi connectivity index (χ1v) is 6.07. The van der Waals surface area contributed by atoms with E-state index in [1.807, 2.05) is 0 Å². The summed E-state index contributed by atoms with van der Waals surface area (Å²) in [6.45, 7) is 5.04. The van der Waals surface area contributed by atoms with E-state index in [0.29, 0.717) is 12.0 Å². The molecule has 1 rings (SSSR count). The number of rotatable bonds is 7. The fraction of sp³-hybridized carbons (Fsp3) is 0.308. The van der Waals surface area contributed by atoms with Gasteiger partial charge in [-0.3, -0.25) is 20.2 Å². The molecule has 0 aromatic heterocycles. The standard InChI is InChI=1S/C13H14N2O6/c1-9(2)13(16)21-7-3-4-10-5-6-11(14(17)18)8-12(10)15(19)20/h5-6,8H,1,3-4,7H2,2H3. The Kier molecular flexibility index (Phi) is 5.53. The van der Waals surface area contributed by atoms with Crippen molar-refractivity contribution in [2.24, 2.45) is 0 Å². The maximum atomic E-state index is 11.1. The highest BCUT2D eigenvalue weighted by molar-refractivity contribution is 5.86. The summed E-state index contributed by atoms with van der Waals surface area (Å²) in [6.07, 6.45) is 0.648. The normalized spacial score (nSPS) is 9.95. The van der Waals surface area contributed by atoms with Crippen molar-refractivity contribution in [2.45, 2.75) is 19.8 Å². The van der Waals surface area contributed by atoms with Crippen LogP contribution in [-0.2, 0) is 16.0 Å². The van der Waals surface area contributed by atoms with Gasteiger partial charge in [-0.1, -0.05) is 6.58 Å². The Labute approximate surface area is 120 Å². The zero-order valence-corrected chi connectivity index (χ0v) is 11.4. The SMILES string of the molecule is C=C(C)C(=O)OCCCc1ccc([N+](=O)[O-])cc1[N+](=O)[O-]. The minimum absolute atomic E-state index is 0.0971. The highest BCUT2D eigenvalue weighted by Gasteiger charge is 2.19. The molecule has 0 fully saturated rings. The van der Waals surface area contributed by atoms with Gasteiger partial charge in [0.1, 0.15) is 0 Å². The van der Waals surface area contributed by atoms with E-state index < -0.39 is 15.8 Å². The fourth-order valence-electron chi connectivity index (χ4n) is 1.60. The lowest BCUT2D eigenvalue weighted by molar-refractivity contribution is -0.394. The van der Waals surface area contributed by atoms with E-state index >= 15 is 0 Å². The Morgan fingerprint density at radius 3 is 2.48 bits per heavy atom. The quantitative estimate of drug-likeness (QED) is 0.251. The van der Waals surface area contributed by atoms with Crippen molar-refractivity contribution in [3.05, 3.63) is 56.1 Å². The fourth-order valence-corrected chi connectivity index (χ4v) is 1.60. The van der Waals surface area contributed by atoms with Crippen LogP contribution in [0.25, 0.3) is 0 Å². The molecule has 0 saturated heterocycles. The van der Waals surface area contributed by atoms with Crippen LogP contribution in [0.4, 0.5) is 11.4 Å². The second-order valence-electron chi connectivity index (χ2n) is 4.35. The molecule has 0 spiro atoms. The Morgan fingerprint density at radius 1 is 1.29 bits per heavy atom. The van der Waals surface area contributed by atoms with Gasteiger partial charge in [-0.05, 0) is 25.8 Å². The number of hydrogen-bond acceptors (Lipinski definition) is 6. The number of nitro benzene ring substituents is 2. The van der Waals surface area contributed by atoms with Crippen molar-refractivity contribution in [2.75, 3.05) is 6.61 Å². The second kappa shape index (κ2) is 7.13. The Morgan fingerprint density at radius 2 is 1.95 bits per heavy atom. The molecule has 0 aliphatic carbocycles. The number of ether oxygens (including phenoxy) is 1. The number of esters is 1. The van der Waals surface area contributed by atoms with Crippen molar-refractivity contribution in [1.82, 2.24) is 0 Å². The monoisotopic (exact) mass is 294 g/mol. The molecule has 0 bridgehead atoms. The van der Waals surface area contributed by atoms with E-state index in [2.05, 4.69) is 6.58 Å². The van der Waals surface area contributed by atoms with E-state index in [0.717, 1.165) is 6.07 Å². The summed E-state index contributed by atoms with van der Waals surface area (Å²) in [5, 5.41) is 21.5. The van der Waals surface area contributed by atoms with Crippen molar-refractivity contribution < 1.29 is 19.4 Å². The van der Waals surface area contributed by atoms with Gasteiger partial charge in [0.05, 0.1) is 22.5 Å². The van der Waals surface area contributed by atoms with Gasteiger partial charge in [0.2, 0.25) is 0 Å². The molecule has 8 heteroatoms. The van der Waals surface area contributed by atoms with Gasteiger partial charge in [-0.2, -0.15) is 0 Å². The second-order valence-corrected chi connectivity index (χ2v) is 4.35. The molecule has 8 nitrogen and oxygen atoms in total. The number of non-ortho nitro benzene ring substituents is 1. The first kappa shape index (κ1) is 16.3. The van der Waals surface area contributed by atoms with Gasteiger partial charge in [-0.15, -0.1) is 0 Å². The topological polar surface area (TPSA) is 113 Å². The van der Waals surface area contributed by atoms with Crippen LogP contribution in [0, 0.1) is 20.2 Å². The van der Waals surface area contributed by atoms with Crippen LogP contribution < -0.4 is 0 Å². The molecule has 0 atom stereocenters. The zero-order valence-electron chi connectivity index (χ0n) is 11.4. The third-order valence-corrected chi connectivity index (χ3v) is 2.65. The van der Waals surface area contributed by atoms with Crippen LogP contribution in [0.3, 0.4) is 0 Å². The molecule has 0 radical (unpaired) electrons. The van der Waals surface area contributed by atoms with Gasteiger partial charge in [-0.25, -0.2) is 4.79 Å². The molecule has 0 amide bonds. The van der Waals surface area contributed by atoms with Crippen LogP contribution in [0.5, 0.6) is 0 Å². The van der Waals surface area contributed by atoms with E-state index in [9.17, 15) is 25.0 Å². The molecule has 0 saturated carbocycles. The third-order valence-electron chi connectivity index (χ3n) is 2.65. The third kappa shape index (κ3) is 4.68. The highest BCUT2D eigenvalue weighted by Crippen LogP contribution is 2.25. The lowest BCUT2D eigenvalue weighted by atomic mass is 10.1. The lowest BCUT2D eigenvalue weighted by Crippen LogP contribution is -2.07. The molecule has 0 heterocycles. The first-order valence-electron chi connectivity index (χ1n) is 6.07. The number of carbonyl (C=O) groups excluding carboxylic acids is 1. The number of nitrogens with zero attached hydrogens (tertiary/aromatic N) is 2. The van der Waals surface area contributed by atoms with E-state index in [4.69, 9.17) is 4.74 Å². The van der Waals surface area contributed by atoms with Gasteiger partial charge in [0.15, 0.2) is 0 Å². The number of aryl methyl sites for hydroxylation is 1. The molecule has 21 heavy (non-hydrogen) atoms. The van der Waals surface area contributed by atoms with Gasteiger partial charge in [0.25, 0.3) is 11.4 Å². The van der Waals surface area contributed by atoms with Crippen molar-refractivity contribution in [3.63, 3.8) is 0 Å². The maximum absolute atomic E-state index is 11.1. The number of hydrogen-bond donors (Lipinski definition) is 0. The molecular formula is C13H14N2O6. The Bertz CT molecular complexity index is 596. The predicted octanol–water partition coefficient (Wildman–Crippen LogP) is 2.55. The van der Waals surface area contributed by atoms with Crippen molar-refractivity contribution >= 4 is 17.3 Å². The smallest absolute Gasteiger partial charge is 0.333 e. The summed E-state index contributed by atoms with van der Waals surface area (Å²) in [7, 11) is 0. The number of carbonyl (C=O) groups is 1. The molecule has 0 aliphatic heterocycles. The van der Waals surface area contributed by atoms with E-state index in [1.165, 1.54) is 19.1 Å². The summed E-state index contributed by atoms with van der Waals surface area (Å²) < 4.78 is 4.87. The van der Waals surface area contributed by atoms with E-state index in [1.54, 1.807) is 0 Å². The lowest BCUT2D eigenvalue weighted by Gasteiger charge is -2.05. The molecule has 0 unspecified atom stereocenters. The minimum atomic E-state index is -0.689. The Balaban J connectivity index is 2.70. The molecule has 0 aliphatic rings. The molecular weight excluding hydrogens is 280 g/mol. The highest BCUT2D eigenvalue weighted by atomic mass is 16.6. The van der Waals surface area contributed by atoms with Crippen LogP contribution in [0.15, 0.2) is 30.4 Å². The van der Waals surface area contributed by atoms with Gasteiger partial charge >= 0.3 is 5.97 Å². The predicted molar refractivity (Wildman–Crippen MR) is 73.8 cm³/mol. The van der Waals surface area contributed by atoms with Crippen LogP contribution >= 0.6 is 0 Å². The van der Waals surface area contributed by atoms with Crippen molar-refractivity contribution in [1.29, 1.82) is 0 Å². The summed E-state index contributed by atoms with van der Waals surface area (Å²) in [5.41, 5.74) is -0.0112. The Hall–Kier alpha value is -2.77. The number of nitro groups is 2. The van der Waals surface area contributed by atoms with E-state index in [-0.39, 0.29) is 30.0 Å².